The Morgan fingerprint density at radius 2 is 0.500 bits per heavy atom. The van der Waals surface area contributed by atoms with E-state index in [1.807, 2.05) is 0 Å². The summed E-state index contributed by atoms with van der Waals surface area (Å²) in [5.74, 6) is 0. The Labute approximate surface area is 226 Å². The normalized spacial score (nSPS) is 11.8. The molecule has 0 aromatic rings. The van der Waals surface area contributed by atoms with Crippen LogP contribution >= 0.6 is 0 Å². The molecule has 0 radical (unpaired) electrons. The third kappa shape index (κ3) is 27.1. The molecule has 0 fully saturated rings. The fraction of sp³-hybridized carbons (Fsp3) is 1.00. The van der Waals surface area contributed by atoms with Crippen LogP contribution in [0.5, 0.6) is 0 Å². The molecular weight excluding hydrogens is 524 g/mol. The van der Waals surface area contributed by atoms with Gasteiger partial charge in [0.25, 0.3) is 0 Å². The third-order valence-corrected chi connectivity index (χ3v) is 7.01. The number of quaternary nitrogens is 2. The lowest BCUT2D eigenvalue weighted by Crippen LogP contribution is -3.00. The second-order valence-corrected chi connectivity index (χ2v) is 11.4. The zero-order chi connectivity index (χ0) is 22.6. The van der Waals surface area contributed by atoms with Gasteiger partial charge >= 0.3 is 0 Å². The van der Waals surface area contributed by atoms with Gasteiger partial charge in [0.15, 0.2) is 0 Å². The van der Waals surface area contributed by atoms with E-state index in [-0.39, 0.29) is 34.0 Å². The SMILES string of the molecule is CCCCCCCCCC[N+](C)(C)CCCC[N+](C)(C)CCCCCCCCCC.[Br-].[Br-]. The van der Waals surface area contributed by atoms with Crippen molar-refractivity contribution in [3.05, 3.63) is 0 Å². The summed E-state index contributed by atoms with van der Waals surface area (Å²) < 4.78 is 2.45. The van der Waals surface area contributed by atoms with Crippen LogP contribution in [-0.2, 0) is 0 Å². The molecule has 0 aromatic carbocycles. The molecule has 0 unspecified atom stereocenters. The summed E-state index contributed by atoms with van der Waals surface area (Å²) in [7, 11) is 9.78. The quantitative estimate of drug-likeness (QED) is 0.127. The van der Waals surface area contributed by atoms with Crippen LogP contribution in [0.3, 0.4) is 0 Å². The van der Waals surface area contributed by atoms with E-state index in [9.17, 15) is 0 Å². The van der Waals surface area contributed by atoms with Gasteiger partial charge in [0.05, 0.1) is 54.4 Å². The first-order valence-corrected chi connectivity index (χ1v) is 14.0. The summed E-state index contributed by atoms with van der Waals surface area (Å²) in [6.45, 7) is 10.0. The minimum atomic E-state index is 0. The number of nitrogens with zero attached hydrogens (tertiary/aromatic N) is 2. The fourth-order valence-corrected chi connectivity index (χ4v) is 4.65. The van der Waals surface area contributed by atoms with E-state index in [0.717, 1.165) is 0 Å². The van der Waals surface area contributed by atoms with Crippen molar-refractivity contribution in [2.75, 3.05) is 54.4 Å². The molecule has 0 aliphatic carbocycles. The molecule has 0 bridgehead atoms. The van der Waals surface area contributed by atoms with Gasteiger partial charge in [0.1, 0.15) is 0 Å². The van der Waals surface area contributed by atoms with Crippen LogP contribution in [0.4, 0.5) is 0 Å². The largest absolute Gasteiger partial charge is 1.00 e. The molecule has 0 atom stereocenters. The topological polar surface area (TPSA) is 0 Å². The summed E-state index contributed by atoms with van der Waals surface area (Å²) in [6.07, 6.45) is 25.7. The molecule has 2 nitrogen and oxygen atoms in total. The van der Waals surface area contributed by atoms with Crippen molar-refractivity contribution in [2.45, 2.75) is 129 Å². The van der Waals surface area contributed by atoms with Gasteiger partial charge in [-0.15, -0.1) is 0 Å². The molecule has 0 aliphatic rings. The van der Waals surface area contributed by atoms with Crippen LogP contribution in [0, 0.1) is 0 Å². The lowest BCUT2D eigenvalue weighted by atomic mass is 10.1. The second kappa shape index (κ2) is 25.0. The van der Waals surface area contributed by atoms with Crippen molar-refractivity contribution in [2.24, 2.45) is 0 Å². The minimum Gasteiger partial charge on any atom is -1.00 e. The highest BCUT2D eigenvalue weighted by molar-refractivity contribution is 4.49. The molecule has 0 spiro atoms. The Balaban J connectivity index is -0.00000420. The molecule has 0 aromatic heterocycles. The van der Waals surface area contributed by atoms with Crippen LogP contribution in [-0.4, -0.2) is 63.3 Å². The first-order valence-electron chi connectivity index (χ1n) is 14.0. The number of unbranched alkanes of at least 4 members (excludes halogenated alkanes) is 15. The lowest BCUT2D eigenvalue weighted by Gasteiger charge is -2.32. The predicted octanol–water partition coefficient (Wildman–Crippen LogP) is 2.21. The summed E-state index contributed by atoms with van der Waals surface area (Å²) >= 11 is 0. The van der Waals surface area contributed by atoms with E-state index < -0.39 is 0 Å². The summed E-state index contributed by atoms with van der Waals surface area (Å²) in [6, 6.07) is 0. The zero-order valence-corrected chi connectivity index (χ0v) is 26.4. The first-order chi connectivity index (χ1) is 14.3. The molecular formula is C28H62Br2N2. The summed E-state index contributed by atoms with van der Waals surface area (Å²) in [5, 5.41) is 0. The third-order valence-electron chi connectivity index (χ3n) is 7.01. The van der Waals surface area contributed by atoms with E-state index in [2.05, 4.69) is 42.0 Å². The van der Waals surface area contributed by atoms with Crippen LogP contribution in [0.15, 0.2) is 0 Å². The van der Waals surface area contributed by atoms with Crippen molar-refractivity contribution in [1.29, 1.82) is 0 Å². The molecule has 198 valence electrons. The van der Waals surface area contributed by atoms with Gasteiger partial charge in [-0.05, 0) is 25.7 Å². The maximum Gasteiger partial charge on any atom is 0.0784 e. The van der Waals surface area contributed by atoms with Crippen LogP contribution in [0.1, 0.15) is 129 Å². The van der Waals surface area contributed by atoms with Gasteiger partial charge in [-0.3, -0.25) is 0 Å². The van der Waals surface area contributed by atoms with Crippen LogP contribution in [0.25, 0.3) is 0 Å². The minimum absolute atomic E-state index is 0. The van der Waals surface area contributed by atoms with E-state index in [1.165, 1.54) is 151 Å². The standard InChI is InChI=1S/C28H62N2.2BrH/c1-7-9-11-13-15-17-19-21-25-29(3,4)27-23-24-28-30(5,6)26-22-20-18-16-14-12-10-8-2;;/h7-28H2,1-6H3;2*1H/q+2;;/p-2. The highest BCUT2D eigenvalue weighted by atomic mass is 79.9. The molecule has 32 heavy (non-hydrogen) atoms. The number of hydrogen-bond acceptors (Lipinski definition) is 0. The monoisotopic (exact) mass is 584 g/mol. The number of hydrogen-bond donors (Lipinski definition) is 0. The smallest absolute Gasteiger partial charge is 0.0784 e. The Morgan fingerprint density at radius 1 is 0.312 bits per heavy atom. The predicted molar refractivity (Wildman–Crippen MR) is 138 cm³/mol. The lowest BCUT2D eigenvalue weighted by molar-refractivity contribution is -0.897. The Hall–Kier alpha value is 0.880. The molecule has 0 aliphatic heterocycles. The molecule has 0 heterocycles. The van der Waals surface area contributed by atoms with E-state index in [0.29, 0.717) is 0 Å². The molecule has 0 rings (SSSR count). The fourth-order valence-electron chi connectivity index (χ4n) is 4.65. The van der Waals surface area contributed by atoms with Crippen LogP contribution in [0.2, 0.25) is 0 Å². The van der Waals surface area contributed by atoms with Crippen molar-refractivity contribution in [3.63, 3.8) is 0 Å². The van der Waals surface area contributed by atoms with Gasteiger partial charge in [-0.25, -0.2) is 0 Å². The van der Waals surface area contributed by atoms with Gasteiger partial charge < -0.3 is 42.9 Å². The maximum atomic E-state index is 2.45. The van der Waals surface area contributed by atoms with Gasteiger partial charge in [-0.1, -0.05) is 90.9 Å². The second-order valence-electron chi connectivity index (χ2n) is 11.4. The molecule has 4 heteroatoms. The van der Waals surface area contributed by atoms with Crippen molar-refractivity contribution >= 4 is 0 Å². The summed E-state index contributed by atoms with van der Waals surface area (Å²) in [4.78, 5) is 0. The molecule has 0 saturated carbocycles. The van der Waals surface area contributed by atoms with Crippen molar-refractivity contribution in [3.8, 4) is 0 Å². The van der Waals surface area contributed by atoms with E-state index in [4.69, 9.17) is 0 Å². The summed E-state index contributed by atoms with van der Waals surface area (Å²) in [5.41, 5.74) is 0. The maximum absolute atomic E-state index is 2.45. The van der Waals surface area contributed by atoms with Gasteiger partial charge in [0, 0.05) is 12.8 Å². The van der Waals surface area contributed by atoms with Crippen LogP contribution < -0.4 is 34.0 Å². The molecule has 0 N–H and O–H groups in total. The Bertz CT molecular complexity index is 325. The Kier molecular flexibility index (Phi) is 29.2. The molecule has 0 saturated heterocycles. The number of rotatable bonds is 23. The van der Waals surface area contributed by atoms with Gasteiger partial charge in [-0.2, -0.15) is 0 Å². The van der Waals surface area contributed by atoms with E-state index in [1.54, 1.807) is 0 Å². The van der Waals surface area contributed by atoms with Crippen molar-refractivity contribution in [1.82, 2.24) is 0 Å². The van der Waals surface area contributed by atoms with E-state index >= 15 is 0 Å². The van der Waals surface area contributed by atoms with Crippen molar-refractivity contribution < 1.29 is 42.9 Å². The average molecular weight is 587 g/mol. The first kappa shape index (κ1) is 37.4. The average Bonchev–Trinajstić information content (AvgIpc) is 2.69. The number of halogens is 2. The highest BCUT2D eigenvalue weighted by Crippen LogP contribution is 2.13. The Morgan fingerprint density at radius 3 is 0.750 bits per heavy atom. The van der Waals surface area contributed by atoms with Gasteiger partial charge in [0.2, 0.25) is 0 Å². The highest BCUT2D eigenvalue weighted by Gasteiger charge is 2.17. The molecule has 0 amide bonds. The zero-order valence-electron chi connectivity index (χ0n) is 23.2.